The summed E-state index contributed by atoms with van der Waals surface area (Å²) in [5.74, 6) is -1.78. The lowest BCUT2D eigenvalue weighted by Crippen LogP contribution is -2.30. The molecule has 3 N–H and O–H groups in total. The van der Waals surface area contributed by atoms with E-state index in [1.54, 1.807) is 78.9 Å². The van der Waals surface area contributed by atoms with Crippen LogP contribution in [0.3, 0.4) is 0 Å². The van der Waals surface area contributed by atoms with E-state index < -0.39 is 17.6 Å². The molecule has 1 heterocycles. The van der Waals surface area contributed by atoms with Crippen LogP contribution in [0.4, 0.5) is 15.2 Å². The lowest BCUT2D eigenvalue weighted by atomic mass is 10.1. The summed E-state index contributed by atoms with van der Waals surface area (Å²) in [5.41, 5.74) is 2.26. The third-order valence-electron chi connectivity index (χ3n) is 6.18. The van der Waals surface area contributed by atoms with Crippen LogP contribution in [0, 0.1) is 5.82 Å². The Morgan fingerprint density at radius 1 is 0.867 bits per heavy atom. The van der Waals surface area contributed by atoms with Gasteiger partial charge in [-0.1, -0.05) is 65.7 Å². The minimum atomic E-state index is -0.633. The molecule has 4 aromatic carbocycles. The van der Waals surface area contributed by atoms with Gasteiger partial charge >= 0.3 is 0 Å². The zero-order valence-electron chi connectivity index (χ0n) is 23.2. The predicted octanol–water partition coefficient (Wildman–Crippen LogP) is 8.40. The number of benzene rings is 4. The zero-order chi connectivity index (χ0) is 31.8. The summed E-state index contributed by atoms with van der Waals surface area (Å²) < 4.78 is 14.4. The van der Waals surface area contributed by atoms with Crippen LogP contribution >= 0.6 is 46.3 Å². The fourth-order valence-corrected chi connectivity index (χ4v) is 5.68. The maximum absolute atomic E-state index is 14.4. The first-order valence-corrected chi connectivity index (χ1v) is 15.9. The summed E-state index contributed by atoms with van der Waals surface area (Å²) in [4.78, 5) is 43.8. The molecule has 45 heavy (non-hydrogen) atoms. The minimum Gasteiger partial charge on any atom is -0.321 e. The summed E-state index contributed by atoms with van der Waals surface area (Å²) in [6, 6.07) is 26.4. The van der Waals surface area contributed by atoms with Crippen LogP contribution in [0.15, 0.2) is 113 Å². The van der Waals surface area contributed by atoms with E-state index >= 15 is 0 Å². The number of nitrogens with zero attached hydrogens (tertiary/aromatic N) is 1. The number of thioether (sulfide) groups is 1. The van der Waals surface area contributed by atoms with E-state index in [0.29, 0.717) is 32.1 Å². The van der Waals surface area contributed by atoms with E-state index in [9.17, 15) is 18.8 Å². The molecule has 1 aromatic heterocycles. The van der Waals surface area contributed by atoms with Crippen LogP contribution in [0.5, 0.6) is 0 Å². The van der Waals surface area contributed by atoms with Gasteiger partial charge in [0.05, 0.1) is 21.5 Å². The van der Waals surface area contributed by atoms with E-state index in [1.165, 1.54) is 47.4 Å². The van der Waals surface area contributed by atoms with Gasteiger partial charge in [0.25, 0.3) is 11.8 Å². The normalized spacial score (nSPS) is 11.1. The molecule has 7 nitrogen and oxygen atoms in total. The molecular weight excluding hydrogens is 654 g/mol. The fourth-order valence-electron chi connectivity index (χ4n) is 3.95. The largest absolute Gasteiger partial charge is 0.321 e. The van der Waals surface area contributed by atoms with E-state index in [0.717, 1.165) is 10.5 Å². The molecule has 0 radical (unpaired) electrons. The molecule has 0 unspecified atom stereocenters. The Kier molecular flexibility index (Phi) is 10.6. The molecule has 0 saturated carbocycles. The Labute approximate surface area is 276 Å². The Balaban J connectivity index is 1.19. The van der Waals surface area contributed by atoms with E-state index in [-0.39, 0.29) is 22.9 Å². The first-order chi connectivity index (χ1) is 21.7. The number of halogens is 3. The molecule has 0 aliphatic carbocycles. The SMILES string of the molecule is O=C(CSc1ccc(NC(=O)/C(=C/c2ccccc2F)NC(=O)c2ccccc2)cc1)Nc1nc(-c2ccc(Cl)c(Cl)c2)cs1. The smallest absolute Gasteiger partial charge is 0.272 e. The van der Waals surface area contributed by atoms with Crippen LogP contribution in [-0.2, 0) is 9.59 Å². The summed E-state index contributed by atoms with van der Waals surface area (Å²) in [5, 5.41) is 11.3. The van der Waals surface area contributed by atoms with Crippen molar-refractivity contribution in [2.24, 2.45) is 0 Å². The van der Waals surface area contributed by atoms with E-state index in [1.807, 2.05) is 5.38 Å². The number of carbonyl (C=O) groups excluding carboxylic acids is 3. The molecule has 12 heteroatoms. The first kappa shape index (κ1) is 31.9. The lowest BCUT2D eigenvalue weighted by Gasteiger charge is -2.12. The van der Waals surface area contributed by atoms with Crippen molar-refractivity contribution in [2.45, 2.75) is 4.90 Å². The fraction of sp³-hybridized carbons (Fsp3) is 0.0303. The number of hydrogen-bond donors (Lipinski definition) is 3. The average Bonchev–Trinajstić information content (AvgIpc) is 3.51. The van der Waals surface area contributed by atoms with Gasteiger partial charge in [-0.05, 0) is 60.7 Å². The van der Waals surface area contributed by atoms with Gasteiger partial charge < -0.3 is 16.0 Å². The van der Waals surface area contributed by atoms with Crippen LogP contribution < -0.4 is 16.0 Å². The molecule has 0 bridgehead atoms. The molecule has 0 saturated heterocycles. The maximum atomic E-state index is 14.4. The molecular formula is C33H23Cl2FN4O3S2. The highest BCUT2D eigenvalue weighted by Crippen LogP contribution is 2.30. The maximum Gasteiger partial charge on any atom is 0.272 e. The molecule has 0 aliphatic heterocycles. The molecule has 5 aromatic rings. The number of rotatable bonds is 10. The third kappa shape index (κ3) is 8.80. The number of nitrogens with one attached hydrogen (secondary N) is 3. The Morgan fingerprint density at radius 2 is 1.60 bits per heavy atom. The van der Waals surface area contributed by atoms with Crippen molar-refractivity contribution in [1.29, 1.82) is 0 Å². The van der Waals surface area contributed by atoms with Gasteiger partial charge in [-0.3, -0.25) is 14.4 Å². The van der Waals surface area contributed by atoms with Crippen molar-refractivity contribution < 1.29 is 18.8 Å². The highest BCUT2D eigenvalue weighted by atomic mass is 35.5. The second-order valence-electron chi connectivity index (χ2n) is 9.38. The first-order valence-electron chi connectivity index (χ1n) is 13.3. The lowest BCUT2D eigenvalue weighted by molar-refractivity contribution is -0.114. The van der Waals surface area contributed by atoms with Gasteiger partial charge in [-0.15, -0.1) is 23.1 Å². The minimum absolute atomic E-state index is 0.131. The Bertz CT molecular complexity index is 1880. The Morgan fingerprint density at radius 3 is 2.33 bits per heavy atom. The molecule has 0 atom stereocenters. The average molecular weight is 678 g/mol. The summed E-state index contributed by atoms with van der Waals surface area (Å²) in [6.07, 6.45) is 1.28. The van der Waals surface area contributed by atoms with Gasteiger partial charge in [-0.25, -0.2) is 9.37 Å². The highest BCUT2D eigenvalue weighted by molar-refractivity contribution is 8.00. The number of anilines is 2. The van der Waals surface area contributed by atoms with Crippen molar-refractivity contribution in [2.75, 3.05) is 16.4 Å². The second-order valence-corrected chi connectivity index (χ2v) is 12.1. The van der Waals surface area contributed by atoms with Crippen LogP contribution in [0.25, 0.3) is 17.3 Å². The predicted molar refractivity (Wildman–Crippen MR) is 180 cm³/mol. The highest BCUT2D eigenvalue weighted by Gasteiger charge is 2.16. The van der Waals surface area contributed by atoms with Crippen molar-refractivity contribution in [3.63, 3.8) is 0 Å². The van der Waals surface area contributed by atoms with Crippen molar-refractivity contribution >= 4 is 80.9 Å². The number of amides is 3. The van der Waals surface area contributed by atoms with Crippen LogP contribution in [0.2, 0.25) is 10.0 Å². The van der Waals surface area contributed by atoms with Gasteiger partial charge in [-0.2, -0.15) is 0 Å². The Hall–Kier alpha value is -4.48. The molecule has 0 spiro atoms. The number of thiazole rings is 1. The summed E-state index contributed by atoms with van der Waals surface area (Å²) in [7, 11) is 0. The van der Waals surface area contributed by atoms with Gasteiger partial charge in [0.15, 0.2) is 5.13 Å². The van der Waals surface area contributed by atoms with Crippen LogP contribution in [0.1, 0.15) is 15.9 Å². The number of hydrogen-bond acceptors (Lipinski definition) is 6. The van der Waals surface area contributed by atoms with Crippen molar-refractivity contribution in [3.8, 4) is 11.3 Å². The topological polar surface area (TPSA) is 100 Å². The van der Waals surface area contributed by atoms with Gasteiger partial charge in [0.2, 0.25) is 5.91 Å². The van der Waals surface area contributed by atoms with Gasteiger partial charge in [0, 0.05) is 32.7 Å². The molecule has 5 rings (SSSR count). The molecule has 0 fully saturated rings. The van der Waals surface area contributed by atoms with Crippen molar-refractivity contribution in [3.05, 3.63) is 135 Å². The standard InChI is InChI=1S/C33H23Cl2FN4O3S2/c34-25-15-10-22(16-26(25)35)29-18-45-33(39-29)40-30(41)19-44-24-13-11-23(12-14-24)37-32(43)28(17-21-8-4-5-9-27(21)36)38-31(42)20-6-2-1-3-7-20/h1-18H,19H2,(H,37,43)(H,38,42)(H,39,40,41)/b28-17-. The molecule has 3 amide bonds. The summed E-state index contributed by atoms with van der Waals surface area (Å²) in [6.45, 7) is 0. The van der Waals surface area contributed by atoms with Gasteiger partial charge in [0.1, 0.15) is 11.5 Å². The summed E-state index contributed by atoms with van der Waals surface area (Å²) >= 11 is 14.7. The molecule has 0 aliphatic rings. The number of carbonyl (C=O) groups is 3. The van der Waals surface area contributed by atoms with Crippen LogP contribution in [-0.4, -0.2) is 28.5 Å². The monoisotopic (exact) mass is 676 g/mol. The number of aromatic nitrogens is 1. The van der Waals surface area contributed by atoms with E-state index in [2.05, 4.69) is 20.9 Å². The van der Waals surface area contributed by atoms with E-state index in [4.69, 9.17) is 23.2 Å². The second kappa shape index (κ2) is 15.0. The molecule has 226 valence electrons. The van der Waals surface area contributed by atoms with Crippen molar-refractivity contribution in [1.82, 2.24) is 10.3 Å². The quantitative estimate of drug-likeness (QED) is 0.102. The third-order valence-corrected chi connectivity index (χ3v) is 8.69. The zero-order valence-corrected chi connectivity index (χ0v) is 26.4.